The van der Waals surface area contributed by atoms with Crippen molar-refractivity contribution in [2.75, 3.05) is 19.3 Å². The van der Waals surface area contributed by atoms with Crippen LogP contribution in [0.25, 0.3) is 0 Å². The van der Waals surface area contributed by atoms with E-state index in [1.165, 1.54) is 68.3 Å². The van der Waals surface area contributed by atoms with E-state index < -0.39 is 10.1 Å². The molecule has 0 amide bonds. The minimum atomic E-state index is -3.67. The summed E-state index contributed by atoms with van der Waals surface area (Å²) in [6, 6.07) is 6.87. The molecule has 1 heterocycles. The summed E-state index contributed by atoms with van der Waals surface area (Å²) in [6.45, 7) is 9.41. The Morgan fingerprint density at radius 1 is 1.27 bits per heavy atom. The number of phenolic OH excluding ortho intramolecular Hbond substituents is 1. The molecule has 4 unspecified atom stereocenters. The fraction of sp³-hybridized carbons (Fsp3) is 0.667. The van der Waals surface area contributed by atoms with Gasteiger partial charge in [-0.15, -0.1) is 0 Å². The second-order valence-electron chi connectivity index (χ2n) is 10.2. The highest BCUT2D eigenvalue weighted by Gasteiger charge is 2.56. The highest BCUT2D eigenvalue weighted by atomic mass is 32.2. The van der Waals surface area contributed by atoms with Gasteiger partial charge in [-0.1, -0.05) is 31.6 Å². The third-order valence-corrected chi connectivity index (χ3v) is 7.93. The molecular formula is C24H35NO4S. The molecule has 3 aliphatic carbocycles. The van der Waals surface area contributed by atoms with Gasteiger partial charge in [-0.3, -0.25) is 9.45 Å². The van der Waals surface area contributed by atoms with Gasteiger partial charge in [-0.25, -0.2) is 0 Å². The molecule has 4 aliphatic rings. The van der Waals surface area contributed by atoms with Crippen LogP contribution in [0.15, 0.2) is 30.4 Å². The van der Waals surface area contributed by atoms with Gasteiger partial charge < -0.3 is 5.11 Å². The molecule has 0 radical (unpaired) electrons. The molecule has 0 aromatic heterocycles. The Balaban J connectivity index is 0.000000393. The largest absolute Gasteiger partial charge is 0.508 e. The fourth-order valence-electron chi connectivity index (χ4n) is 6.83. The van der Waals surface area contributed by atoms with E-state index in [0.29, 0.717) is 24.0 Å². The Bertz CT molecular complexity index is 915. The molecule has 4 atom stereocenters. The van der Waals surface area contributed by atoms with E-state index in [9.17, 15) is 13.5 Å². The molecular weight excluding hydrogens is 398 g/mol. The van der Waals surface area contributed by atoms with E-state index in [4.69, 9.17) is 4.55 Å². The van der Waals surface area contributed by atoms with E-state index in [1.54, 1.807) is 0 Å². The molecule has 0 spiro atoms. The van der Waals surface area contributed by atoms with Crippen LogP contribution >= 0.6 is 0 Å². The number of hydrogen-bond acceptors (Lipinski definition) is 4. The van der Waals surface area contributed by atoms with Crippen LogP contribution in [0.3, 0.4) is 0 Å². The molecule has 3 fully saturated rings. The van der Waals surface area contributed by atoms with E-state index >= 15 is 0 Å². The Morgan fingerprint density at radius 3 is 2.60 bits per heavy atom. The first-order chi connectivity index (χ1) is 14.1. The minimum absolute atomic E-state index is 0.224. The lowest BCUT2D eigenvalue weighted by Crippen LogP contribution is -2.63. The molecule has 5 nitrogen and oxygen atoms in total. The number of allylic oxidation sites excluding steroid dienone is 1. The van der Waals surface area contributed by atoms with Crippen molar-refractivity contribution >= 4 is 10.1 Å². The molecule has 2 saturated carbocycles. The van der Waals surface area contributed by atoms with Crippen molar-refractivity contribution in [1.82, 2.24) is 4.90 Å². The average molecular weight is 434 g/mol. The molecule has 5 rings (SSSR count). The maximum Gasteiger partial charge on any atom is 0.261 e. The zero-order chi connectivity index (χ0) is 21.7. The first-order valence-corrected chi connectivity index (χ1v) is 13.1. The van der Waals surface area contributed by atoms with Gasteiger partial charge in [0.25, 0.3) is 10.1 Å². The monoisotopic (exact) mass is 433 g/mol. The van der Waals surface area contributed by atoms with Crippen LogP contribution in [-0.2, 0) is 22.0 Å². The third kappa shape index (κ3) is 4.19. The topological polar surface area (TPSA) is 77.8 Å². The predicted molar refractivity (Wildman–Crippen MR) is 119 cm³/mol. The van der Waals surface area contributed by atoms with Crippen molar-refractivity contribution in [3.05, 3.63) is 41.5 Å². The Labute approximate surface area is 180 Å². The second-order valence-corrected chi connectivity index (χ2v) is 11.6. The molecule has 2 bridgehead atoms. The summed E-state index contributed by atoms with van der Waals surface area (Å²) < 4.78 is 25.9. The lowest BCUT2D eigenvalue weighted by Gasteiger charge is -2.62. The first kappa shape index (κ1) is 21.8. The van der Waals surface area contributed by atoms with E-state index in [-0.39, 0.29) is 5.41 Å². The molecule has 166 valence electrons. The zero-order valence-corrected chi connectivity index (χ0v) is 19.0. The van der Waals surface area contributed by atoms with E-state index in [2.05, 4.69) is 30.5 Å². The predicted octanol–water partition coefficient (Wildman–Crippen LogP) is 4.17. The normalized spacial score (nSPS) is 33.6. The number of rotatable bonds is 2. The lowest BCUT2D eigenvalue weighted by atomic mass is 9.49. The smallest absolute Gasteiger partial charge is 0.261 e. The SMILES string of the molecule is C=C1CC(C)C2C3Cc4ccc(O)cc4C2(CCN3CC2CCC2)C1.CS(=O)(=O)O. The number of benzene rings is 1. The first-order valence-electron chi connectivity index (χ1n) is 11.2. The molecule has 1 aliphatic heterocycles. The number of fused-ring (bicyclic) bond motifs is 1. The summed E-state index contributed by atoms with van der Waals surface area (Å²) in [5.41, 5.74) is 4.58. The molecule has 1 aromatic carbocycles. The number of nitrogens with zero attached hydrogens (tertiary/aromatic N) is 1. The Morgan fingerprint density at radius 2 is 1.97 bits per heavy atom. The van der Waals surface area contributed by atoms with Crippen molar-refractivity contribution < 1.29 is 18.1 Å². The van der Waals surface area contributed by atoms with Crippen molar-refractivity contribution in [2.24, 2.45) is 17.8 Å². The molecule has 2 N–H and O–H groups in total. The number of aromatic hydroxyl groups is 1. The third-order valence-electron chi connectivity index (χ3n) is 7.93. The Kier molecular flexibility index (Phi) is 5.79. The quantitative estimate of drug-likeness (QED) is 0.541. The van der Waals surface area contributed by atoms with E-state index in [1.807, 2.05) is 6.07 Å². The van der Waals surface area contributed by atoms with Crippen LogP contribution in [0.2, 0.25) is 0 Å². The van der Waals surface area contributed by atoms with Gasteiger partial charge in [-0.05, 0) is 86.1 Å². The van der Waals surface area contributed by atoms with Crippen molar-refractivity contribution in [3.63, 3.8) is 0 Å². The highest BCUT2D eigenvalue weighted by molar-refractivity contribution is 7.85. The van der Waals surface area contributed by atoms with Crippen LogP contribution < -0.4 is 0 Å². The maximum absolute atomic E-state index is 10.2. The van der Waals surface area contributed by atoms with Gasteiger partial charge in [0, 0.05) is 18.0 Å². The molecule has 1 saturated heterocycles. The van der Waals surface area contributed by atoms with Gasteiger partial charge in [0.1, 0.15) is 5.75 Å². The van der Waals surface area contributed by atoms with Gasteiger partial charge in [0.2, 0.25) is 0 Å². The van der Waals surface area contributed by atoms with Crippen molar-refractivity contribution in [1.29, 1.82) is 0 Å². The van der Waals surface area contributed by atoms with Gasteiger partial charge in [-0.2, -0.15) is 8.42 Å². The second kappa shape index (κ2) is 7.95. The Hall–Kier alpha value is -1.37. The van der Waals surface area contributed by atoms with E-state index in [0.717, 1.165) is 18.3 Å². The number of piperidine rings is 1. The molecule has 30 heavy (non-hydrogen) atoms. The van der Waals surface area contributed by atoms with Crippen LogP contribution in [0, 0.1) is 17.8 Å². The highest BCUT2D eigenvalue weighted by Crippen LogP contribution is 2.59. The summed E-state index contributed by atoms with van der Waals surface area (Å²) >= 11 is 0. The van der Waals surface area contributed by atoms with Crippen molar-refractivity contribution in [2.45, 2.75) is 63.3 Å². The minimum Gasteiger partial charge on any atom is -0.508 e. The summed E-state index contributed by atoms with van der Waals surface area (Å²) in [7, 11) is -3.67. The standard InChI is InChI=1S/C23H31NO.CH4O3S/c1-15-10-16(2)22-21-11-18-6-7-19(25)12-20(18)23(22,13-15)8-9-24(21)14-17-4-3-5-17;1-5(2,3)4/h6-7,12,16-17,21-22,25H,1,3-5,8-11,13-14H2,2H3;1H3,(H,2,3,4). The average Bonchev–Trinajstić information content (AvgIpc) is 2.58. The van der Waals surface area contributed by atoms with Crippen LogP contribution in [0.5, 0.6) is 5.75 Å². The number of likely N-dealkylation sites (tertiary alicyclic amines) is 1. The van der Waals surface area contributed by atoms with Crippen LogP contribution in [-0.4, -0.2) is 48.4 Å². The summed E-state index contributed by atoms with van der Waals surface area (Å²) in [4.78, 5) is 2.85. The molecule has 6 heteroatoms. The van der Waals surface area contributed by atoms with Crippen LogP contribution in [0.4, 0.5) is 0 Å². The van der Waals surface area contributed by atoms with Gasteiger partial charge in [0.05, 0.1) is 6.26 Å². The van der Waals surface area contributed by atoms with Gasteiger partial charge >= 0.3 is 0 Å². The summed E-state index contributed by atoms with van der Waals surface area (Å²) in [5, 5.41) is 10.2. The lowest BCUT2D eigenvalue weighted by molar-refractivity contribution is -0.0376. The molecule has 1 aromatic rings. The zero-order valence-electron chi connectivity index (χ0n) is 18.2. The number of phenols is 1. The maximum atomic E-state index is 10.2. The van der Waals surface area contributed by atoms with Gasteiger partial charge in [0.15, 0.2) is 0 Å². The summed E-state index contributed by atoms with van der Waals surface area (Å²) in [5.74, 6) is 2.81. The fourth-order valence-corrected chi connectivity index (χ4v) is 6.83. The summed E-state index contributed by atoms with van der Waals surface area (Å²) in [6.07, 6.45) is 9.76. The number of hydrogen-bond donors (Lipinski definition) is 2. The van der Waals surface area contributed by atoms with Crippen molar-refractivity contribution in [3.8, 4) is 5.75 Å². The van der Waals surface area contributed by atoms with Crippen LogP contribution in [0.1, 0.15) is 56.6 Å².